The molecule has 0 aromatic heterocycles. The van der Waals surface area contributed by atoms with E-state index >= 15 is 0 Å². The second-order valence-electron chi connectivity index (χ2n) is 8.05. The first kappa shape index (κ1) is 26.4. The topological polar surface area (TPSA) is 117 Å². The van der Waals surface area contributed by atoms with Crippen LogP contribution in [0.15, 0.2) is 96.1 Å². The van der Waals surface area contributed by atoms with Gasteiger partial charge in [-0.15, -0.1) is 0 Å². The number of ether oxygens (including phenoxy) is 3. The van der Waals surface area contributed by atoms with E-state index in [0.717, 1.165) is 16.7 Å². The Labute approximate surface area is 205 Å². The highest BCUT2D eigenvalue weighted by Crippen LogP contribution is 2.20. The highest BCUT2D eigenvalue weighted by molar-refractivity contribution is 5.15. The van der Waals surface area contributed by atoms with Gasteiger partial charge in [0.15, 0.2) is 0 Å². The Morgan fingerprint density at radius 1 is 0.714 bits per heavy atom. The van der Waals surface area contributed by atoms with Crippen molar-refractivity contribution in [2.75, 3.05) is 13.2 Å². The van der Waals surface area contributed by atoms with Crippen LogP contribution < -0.4 is 0 Å². The lowest BCUT2D eigenvalue weighted by Gasteiger charge is -2.34. The highest BCUT2D eigenvalue weighted by Gasteiger charge is 2.36. The largest absolute Gasteiger partial charge is 0.396 e. The number of hydrogen-bond donors (Lipinski definition) is 2. The van der Waals surface area contributed by atoms with E-state index in [0.29, 0.717) is 6.61 Å². The fourth-order valence-electron chi connectivity index (χ4n) is 3.62. The van der Waals surface area contributed by atoms with Crippen LogP contribution in [0.1, 0.15) is 16.7 Å². The Morgan fingerprint density at radius 2 is 1.17 bits per heavy atom. The Hall–Kier alpha value is -3.23. The maximum absolute atomic E-state index is 11.1. The molecule has 0 amide bonds. The molecule has 35 heavy (non-hydrogen) atoms. The summed E-state index contributed by atoms with van der Waals surface area (Å²) in [6.07, 6.45) is -2.96. The monoisotopic (exact) mass is 477 g/mol. The van der Waals surface area contributed by atoms with Crippen LogP contribution >= 0.6 is 0 Å². The van der Waals surface area contributed by atoms with Gasteiger partial charge in [-0.1, -0.05) is 96.1 Å². The minimum absolute atomic E-state index is 0.0338. The van der Waals surface area contributed by atoms with Crippen LogP contribution in [0.2, 0.25) is 0 Å². The summed E-state index contributed by atoms with van der Waals surface area (Å²) in [7, 11) is 0. The van der Waals surface area contributed by atoms with Gasteiger partial charge in [0.05, 0.1) is 45.2 Å². The average Bonchev–Trinajstić information content (AvgIpc) is 2.91. The molecule has 0 aliphatic heterocycles. The van der Waals surface area contributed by atoms with Crippen molar-refractivity contribution in [2.45, 2.75) is 44.2 Å². The van der Waals surface area contributed by atoms with Crippen LogP contribution in [0, 0.1) is 0 Å². The molecule has 0 saturated heterocycles. The van der Waals surface area contributed by atoms with Gasteiger partial charge in [0, 0.05) is 4.91 Å². The summed E-state index contributed by atoms with van der Waals surface area (Å²) in [5, 5.41) is 24.8. The number of benzene rings is 3. The zero-order valence-electron chi connectivity index (χ0n) is 19.5. The number of azide groups is 1. The Balaban J connectivity index is 1.77. The van der Waals surface area contributed by atoms with Crippen molar-refractivity contribution < 1.29 is 24.4 Å². The average molecular weight is 478 g/mol. The van der Waals surface area contributed by atoms with Crippen molar-refractivity contribution in [1.82, 2.24) is 0 Å². The highest BCUT2D eigenvalue weighted by atomic mass is 16.6. The van der Waals surface area contributed by atoms with Crippen molar-refractivity contribution in [3.8, 4) is 0 Å². The standard InChI is InChI=1S/C27H31N3O5/c28-30-29-24(16-31)26(34-18-22-12-6-2-7-13-22)27(35-19-23-14-8-3-9-15-23)25(32)20-33-17-21-10-4-1-5-11-21/h1-15,24-27,31-32H,16-20H2. The molecule has 0 aliphatic rings. The molecule has 0 bridgehead atoms. The van der Waals surface area contributed by atoms with Gasteiger partial charge in [0.2, 0.25) is 0 Å². The fourth-order valence-corrected chi connectivity index (χ4v) is 3.62. The normalized spacial score (nSPS) is 14.5. The van der Waals surface area contributed by atoms with Gasteiger partial charge < -0.3 is 24.4 Å². The first-order valence-corrected chi connectivity index (χ1v) is 11.5. The lowest BCUT2D eigenvalue weighted by molar-refractivity contribution is -0.156. The zero-order valence-corrected chi connectivity index (χ0v) is 19.5. The summed E-state index contributed by atoms with van der Waals surface area (Å²) in [5.41, 5.74) is 11.8. The van der Waals surface area contributed by atoms with E-state index in [4.69, 9.17) is 19.7 Å². The van der Waals surface area contributed by atoms with Crippen LogP contribution in [0.25, 0.3) is 10.4 Å². The Morgan fingerprint density at radius 3 is 1.63 bits per heavy atom. The van der Waals surface area contributed by atoms with E-state index in [2.05, 4.69) is 10.0 Å². The molecule has 8 heteroatoms. The summed E-state index contributed by atoms with van der Waals surface area (Å²) in [4.78, 5) is 2.86. The predicted octanol–water partition coefficient (Wildman–Crippen LogP) is 4.41. The number of nitrogens with zero attached hydrogens (tertiary/aromatic N) is 3. The maximum Gasteiger partial charge on any atom is 0.113 e. The van der Waals surface area contributed by atoms with Crippen molar-refractivity contribution in [3.63, 3.8) is 0 Å². The number of rotatable bonds is 15. The van der Waals surface area contributed by atoms with Gasteiger partial charge in [-0.25, -0.2) is 0 Å². The molecule has 4 atom stereocenters. The van der Waals surface area contributed by atoms with Crippen molar-refractivity contribution >= 4 is 0 Å². The molecule has 0 heterocycles. The minimum atomic E-state index is -1.11. The van der Waals surface area contributed by atoms with Gasteiger partial charge in [-0.05, 0) is 22.2 Å². The van der Waals surface area contributed by atoms with Crippen molar-refractivity contribution in [1.29, 1.82) is 0 Å². The summed E-state index contributed by atoms with van der Waals surface area (Å²) in [5.74, 6) is 0. The zero-order chi connectivity index (χ0) is 24.7. The second kappa shape index (κ2) is 14.9. The number of aliphatic hydroxyl groups excluding tert-OH is 2. The predicted molar refractivity (Wildman–Crippen MR) is 132 cm³/mol. The van der Waals surface area contributed by atoms with Crippen molar-refractivity contribution in [2.24, 2.45) is 5.11 Å². The van der Waals surface area contributed by atoms with Crippen LogP contribution in [0.3, 0.4) is 0 Å². The molecule has 0 saturated carbocycles. The lowest BCUT2D eigenvalue weighted by Crippen LogP contribution is -2.49. The van der Waals surface area contributed by atoms with Gasteiger partial charge >= 0.3 is 0 Å². The first-order chi connectivity index (χ1) is 17.2. The summed E-state index contributed by atoms with van der Waals surface area (Å²) >= 11 is 0. The van der Waals surface area contributed by atoms with Gasteiger partial charge in [-0.2, -0.15) is 0 Å². The lowest BCUT2D eigenvalue weighted by atomic mass is 10.0. The van der Waals surface area contributed by atoms with Gasteiger partial charge in [0.25, 0.3) is 0 Å². The molecule has 184 valence electrons. The molecular weight excluding hydrogens is 446 g/mol. The molecule has 8 nitrogen and oxygen atoms in total. The quantitative estimate of drug-likeness (QED) is 0.191. The first-order valence-electron chi connectivity index (χ1n) is 11.5. The van der Waals surface area contributed by atoms with E-state index in [1.807, 2.05) is 91.0 Å². The molecule has 0 aliphatic carbocycles. The second-order valence-corrected chi connectivity index (χ2v) is 8.05. The van der Waals surface area contributed by atoms with E-state index in [9.17, 15) is 10.2 Å². The third-order valence-corrected chi connectivity index (χ3v) is 5.44. The Kier molecular flexibility index (Phi) is 11.2. The molecule has 3 rings (SSSR count). The molecule has 4 unspecified atom stereocenters. The van der Waals surface area contributed by atoms with Crippen LogP contribution in [0.4, 0.5) is 0 Å². The van der Waals surface area contributed by atoms with E-state index in [1.165, 1.54) is 0 Å². The molecule has 0 fully saturated rings. The SMILES string of the molecule is [N-]=[N+]=NC(CO)C(OCc1ccccc1)C(OCc1ccccc1)C(O)COCc1ccccc1. The van der Waals surface area contributed by atoms with Crippen LogP contribution in [0.5, 0.6) is 0 Å². The van der Waals surface area contributed by atoms with Gasteiger partial charge in [0.1, 0.15) is 12.2 Å². The molecule has 0 radical (unpaired) electrons. The summed E-state index contributed by atoms with van der Waals surface area (Å²) < 4.78 is 18.0. The molecule has 0 spiro atoms. The maximum atomic E-state index is 11.1. The molecule has 3 aromatic rings. The third-order valence-electron chi connectivity index (χ3n) is 5.44. The third kappa shape index (κ3) is 8.81. The van der Waals surface area contributed by atoms with Crippen LogP contribution in [-0.4, -0.2) is 47.8 Å². The van der Waals surface area contributed by atoms with E-state index in [1.54, 1.807) is 0 Å². The summed E-state index contributed by atoms with van der Waals surface area (Å²) in [6.45, 7) is 0.200. The number of aliphatic hydroxyl groups is 2. The molecule has 2 N–H and O–H groups in total. The van der Waals surface area contributed by atoms with Gasteiger partial charge in [-0.3, -0.25) is 0 Å². The van der Waals surface area contributed by atoms with Crippen LogP contribution in [-0.2, 0) is 34.0 Å². The summed E-state index contributed by atoms with van der Waals surface area (Å²) in [6, 6.07) is 27.7. The van der Waals surface area contributed by atoms with E-state index < -0.39 is 31.0 Å². The number of hydrogen-bond acceptors (Lipinski definition) is 6. The smallest absolute Gasteiger partial charge is 0.113 e. The minimum Gasteiger partial charge on any atom is -0.396 e. The van der Waals surface area contributed by atoms with E-state index in [-0.39, 0.29) is 19.8 Å². The van der Waals surface area contributed by atoms with Crippen molar-refractivity contribution in [3.05, 3.63) is 118 Å². The molecule has 3 aromatic carbocycles. The Bertz CT molecular complexity index is 1020. The fraction of sp³-hybridized carbons (Fsp3) is 0.333. The molecular formula is C27H31N3O5.